The largest absolute Gasteiger partial charge is 0.308 e. The Hall–Kier alpha value is -4.73. The number of nitrogens with zero attached hydrogens (tertiary/aromatic N) is 1. The van der Waals surface area contributed by atoms with E-state index in [-0.39, 0.29) is 12.0 Å². The van der Waals surface area contributed by atoms with Crippen LogP contribution in [0.1, 0.15) is 46.2 Å². The van der Waals surface area contributed by atoms with Gasteiger partial charge in [-0.3, -0.25) is 4.99 Å². The highest BCUT2D eigenvalue weighted by atomic mass is 15.3. The highest BCUT2D eigenvalue weighted by Crippen LogP contribution is 2.51. The van der Waals surface area contributed by atoms with Crippen LogP contribution < -0.4 is 11.3 Å². The molecule has 2 aliphatic carbocycles. The molecular weight excluding hydrogens is 486 g/mol. The summed E-state index contributed by atoms with van der Waals surface area (Å²) in [6.45, 7) is 0. The number of nitrogens with two attached hydrogens (primary N) is 1. The molecule has 5 aromatic carbocycles. The van der Waals surface area contributed by atoms with Crippen molar-refractivity contribution in [1.82, 2.24) is 5.43 Å². The molecule has 2 aliphatic rings. The summed E-state index contributed by atoms with van der Waals surface area (Å²) in [6.07, 6.45) is 4.48. The number of aliphatic imine (C=N–C) groups is 1. The van der Waals surface area contributed by atoms with Crippen molar-refractivity contribution in [2.24, 2.45) is 10.8 Å². The molecule has 0 aromatic heterocycles. The zero-order chi connectivity index (χ0) is 26.9. The molecule has 40 heavy (non-hydrogen) atoms. The van der Waals surface area contributed by atoms with Crippen molar-refractivity contribution >= 4 is 22.2 Å². The van der Waals surface area contributed by atoms with Crippen LogP contribution in [0.2, 0.25) is 0 Å². The molecule has 0 amide bonds. The van der Waals surface area contributed by atoms with Crippen molar-refractivity contribution in [1.29, 1.82) is 0 Å². The van der Waals surface area contributed by atoms with Gasteiger partial charge in [0, 0.05) is 11.5 Å². The summed E-state index contributed by atoms with van der Waals surface area (Å²) in [5, 5.41) is 2.60. The maximum absolute atomic E-state index is 6.11. The Morgan fingerprint density at radius 1 is 0.750 bits per heavy atom. The standard InChI is InChI=1S/C37H31N3/c38-40-37(27-15-5-2-6-16-27)39-36(26-13-3-1-4-14-26)34-24-29(32-21-11-18-25-12-7-9-19-31(25)32)23-30-22-28-17-8-10-20-33(28)35(30)34/h1-21,24,29,36H,22-23,38H2,(H,39,40). The molecule has 0 saturated heterocycles. The zero-order valence-electron chi connectivity index (χ0n) is 22.3. The van der Waals surface area contributed by atoms with Gasteiger partial charge in [-0.1, -0.05) is 139 Å². The molecule has 2 unspecified atom stereocenters. The maximum Gasteiger partial charge on any atom is 0.143 e. The smallest absolute Gasteiger partial charge is 0.143 e. The van der Waals surface area contributed by atoms with Crippen LogP contribution >= 0.6 is 0 Å². The van der Waals surface area contributed by atoms with Crippen molar-refractivity contribution in [2.75, 3.05) is 0 Å². The third kappa shape index (κ3) is 4.35. The first kappa shape index (κ1) is 24.3. The highest BCUT2D eigenvalue weighted by molar-refractivity contribution is 5.99. The molecule has 0 saturated carbocycles. The van der Waals surface area contributed by atoms with E-state index in [1.165, 1.54) is 44.2 Å². The predicted molar refractivity (Wildman–Crippen MR) is 166 cm³/mol. The Balaban J connectivity index is 1.45. The van der Waals surface area contributed by atoms with Crippen LogP contribution in [0, 0.1) is 0 Å². The highest BCUT2D eigenvalue weighted by Gasteiger charge is 2.34. The van der Waals surface area contributed by atoms with Gasteiger partial charge in [0.1, 0.15) is 11.9 Å². The summed E-state index contributed by atoms with van der Waals surface area (Å²) >= 11 is 0. The van der Waals surface area contributed by atoms with Gasteiger partial charge in [0.15, 0.2) is 0 Å². The minimum absolute atomic E-state index is 0.221. The lowest BCUT2D eigenvalue weighted by molar-refractivity contribution is 0.767. The van der Waals surface area contributed by atoms with Crippen molar-refractivity contribution in [3.05, 3.63) is 172 Å². The number of rotatable bonds is 5. The summed E-state index contributed by atoms with van der Waals surface area (Å²) in [7, 11) is 0. The Morgan fingerprint density at radius 3 is 2.27 bits per heavy atom. The normalized spacial score (nSPS) is 17.3. The SMILES string of the molecule is NN/C(=N\C(C1=CC(c2cccc3ccccc23)CC2=C1c1ccccc1C2)c1ccccc1)c1ccccc1. The number of benzene rings is 5. The van der Waals surface area contributed by atoms with Gasteiger partial charge < -0.3 is 5.43 Å². The van der Waals surface area contributed by atoms with Gasteiger partial charge in [0.25, 0.3) is 0 Å². The van der Waals surface area contributed by atoms with Gasteiger partial charge >= 0.3 is 0 Å². The van der Waals surface area contributed by atoms with E-state index < -0.39 is 0 Å². The first-order valence-electron chi connectivity index (χ1n) is 13.9. The molecule has 5 aromatic rings. The minimum atomic E-state index is -0.221. The van der Waals surface area contributed by atoms with E-state index in [4.69, 9.17) is 10.8 Å². The fraction of sp³-hybridized carbons (Fsp3) is 0.108. The van der Waals surface area contributed by atoms with E-state index in [1.807, 2.05) is 30.3 Å². The van der Waals surface area contributed by atoms with Gasteiger partial charge in [-0.15, -0.1) is 0 Å². The second-order valence-corrected chi connectivity index (χ2v) is 10.6. The number of hydrogen-bond donors (Lipinski definition) is 2. The number of nitrogens with one attached hydrogen (secondary N) is 1. The van der Waals surface area contributed by atoms with E-state index in [1.54, 1.807) is 0 Å². The van der Waals surface area contributed by atoms with Crippen molar-refractivity contribution in [3.63, 3.8) is 0 Å². The molecule has 0 radical (unpaired) electrons. The lowest BCUT2D eigenvalue weighted by Gasteiger charge is -2.29. The second kappa shape index (κ2) is 10.4. The Labute approximate surface area is 235 Å². The summed E-state index contributed by atoms with van der Waals surface area (Å²) < 4.78 is 0. The molecule has 0 fully saturated rings. The minimum Gasteiger partial charge on any atom is -0.308 e. The predicted octanol–water partition coefficient (Wildman–Crippen LogP) is 7.91. The lowest BCUT2D eigenvalue weighted by Crippen LogP contribution is -2.32. The third-order valence-electron chi connectivity index (χ3n) is 8.25. The average molecular weight is 518 g/mol. The summed E-state index contributed by atoms with van der Waals surface area (Å²) in [5.41, 5.74) is 13.2. The first-order valence-corrected chi connectivity index (χ1v) is 13.9. The molecule has 3 heteroatoms. The molecule has 0 aliphatic heterocycles. The van der Waals surface area contributed by atoms with Crippen LogP contribution in [-0.4, -0.2) is 5.84 Å². The average Bonchev–Trinajstić information content (AvgIpc) is 3.40. The van der Waals surface area contributed by atoms with Crippen molar-refractivity contribution in [2.45, 2.75) is 24.8 Å². The molecule has 0 heterocycles. The maximum atomic E-state index is 6.11. The molecular formula is C37H31N3. The monoisotopic (exact) mass is 517 g/mol. The van der Waals surface area contributed by atoms with Gasteiger partial charge in [-0.05, 0) is 57.0 Å². The summed E-state index contributed by atoms with van der Waals surface area (Å²) in [5.74, 6) is 7.04. The Morgan fingerprint density at radius 2 is 1.45 bits per heavy atom. The fourth-order valence-corrected chi connectivity index (χ4v) is 6.47. The van der Waals surface area contributed by atoms with Crippen LogP contribution in [0.15, 0.2) is 150 Å². The summed E-state index contributed by atoms with van der Waals surface area (Å²) in [6, 6.07) is 44.8. The summed E-state index contributed by atoms with van der Waals surface area (Å²) in [4.78, 5) is 5.36. The number of allylic oxidation sites excluding steroid dienone is 2. The van der Waals surface area contributed by atoms with Crippen LogP contribution in [-0.2, 0) is 6.42 Å². The van der Waals surface area contributed by atoms with E-state index in [9.17, 15) is 0 Å². The Kier molecular flexibility index (Phi) is 6.35. The van der Waals surface area contributed by atoms with Crippen LogP contribution in [0.25, 0.3) is 16.3 Å². The molecule has 3 N–H and O–H groups in total. The third-order valence-corrected chi connectivity index (χ3v) is 8.25. The molecule has 2 atom stereocenters. The van der Waals surface area contributed by atoms with E-state index in [2.05, 4.69) is 109 Å². The number of hydrazine groups is 1. The van der Waals surface area contributed by atoms with E-state index in [0.29, 0.717) is 5.84 Å². The van der Waals surface area contributed by atoms with E-state index >= 15 is 0 Å². The van der Waals surface area contributed by atoms with Crippen molar-refractivity contribution in [3.8, 4) is 0 Å². The fourth-order valence-electron chi connectivity index (χ4n) is 6.47. The molecule has 0 spiro atoms. The van der Waals surface area contributed by atoms with Crippen LogP contribution in [0.5, 0.6) is 0 Å². The topological polar surface area (TPSA) is 50.4 Å². The molecule has 0 bridgehead atoms. The molecule has 3 nitrogen and oxygen atoms in total. The van der Waals surface area contributed by atoms with Gasteiger partial charge in [0.2, 0.25) is 0 Å². The number of amidine groups is 1. The van der Waals surface area contributed by atoms with Crippen LogP contribution in [0.4, 0.5) is 0 Å². The second-order valence-electron chi connectivity index (χ2n) is 10.6. The van der Waals surface area contributed by atoms with Gasteiger partial charge in [0.05, 0.1) is 0 Å². The van der Waals surface area contributed by atoms with Crippen molar-refractivity contribution < 1.29 is 0 Å². The molecule has 7 rings (SSSR count). The van der Waals surface area contributed by atoms with Crippen LogP contribution in [0.3, 0.4) is 0 Å². The number of hydrogen-bond acceptors (Lipinski definition) is 2. The zero-order valence-corrected chi connectivity index (χ0v) is 22.3. The van der Waals surface area contributed by atoms with Gasteiger partial charge in [-0.2, -0.15) is 0 Å². The number of fused-ring (bicyclic) bond motifs is 3. The molecule has 194 valence electrons. The van der Waals surface area contributed by atoms with E-state index in [0.717, 1.165) is 24.0 Å². The van der Waals surface area contributed by atoms with Gasteiger partial charge in [-0.25, -0.2) is 5.84 Å². The quantitative estimate of drug-likeness (QED) is 0.108. The first-order chi connectivity index (χ1) is 19.8. The Bertz CT molecular complexity index is 1780. The lowest BCUT2D eigenvalue weighted by atomic mass is 9.77.